The number of amides is 2. The van der Waals surface area contributed by atoms with E-state index in [4.69, 9.17) is 16.3 Å². The van der Waals surface area contributed by atoms with Crippen LogP contribution in [0.5, 0.6) is 5.75 Å². The topological polar surface area (TPSA) is 122 Å². The number of rotatable bonds is 10. The fraction of sp³-hybridized carbons (Fsp3) is 0.200. The number of hydrogen-bond donors (Lipinski definition) is 3. The van der Waals surface area contributed by atoms with Crippen molar-refractivity contribution in [2.45, 2.75) is 18.9 Å². The zero-order valence-electron chi connectivity index (χ0n) is 18.7. The number of esters is 1. The number of methoxy groups -OCH3 is 1. The van der Waals surface area contributed by atoms with Crippen molar-refractivity contribution >= 4 is 46.5 Å². The lowest BCUT2D eigenvalue weighted by Crippen LogP contribution is -2.49. The first-order valence-electron chi connectivity index (χ1n) is 10.6. The zero-order chi connectivity index (χ0) is 25.4. The van der Waals surface area contributed by atoms with E-state index in [9.17, 15) is 24.3 Å². The number of ether oxygens (including phenoxy) is 1. The van der Waals surface area contributed by atoms with E-state index in [0.717, 1.165) is 5.56 Å². The van der Waals surface area contributed by atoms with Gasteiger partial charge in [0.15, 0.2) is 5.78 Å². The Hall–Kier alpha value is -3.69. The van der Waals surface area contributed by atoms with Crippen LogP contribution in [-0.4, -0.2) is 48.4 Å². The summed E-state index contributed by atoms with van der Waals surface area (Å²) in [5.74, 6) is -1.82. The number of nitrogens with one attached hydrogen (secondary N) is 2. The molecule has 182 valence electrons. The number of thiophene rings is 1. The molecule has 0 fully saturated rings. The Morgan fingerprint density at radius 1 is 1.06 bits per heavy atom. The second kappa shape index (κ2) is 12.1. The van der Waals surface area contributed by atoms with Crippen LogP contribution in [0.3, 0.4) is 0 Å². The molecule has 1 heterocycles. The van der Waals surface area contributed by atoms with Gasteiger partial charge in [0.2, 0.25) is 0 Å². The van der Waals surface area contributed by atoms with Gasteiger partial charge in [-0.05, 0) is 47.7 Å². The molecule has 0 radical (unpaired) electrons. The van der Waals surface area contributed by atoms with E-state index in [1.54, 1.807) is 35.7 Å². The summed E-state index contributed by atoms with van der Waals surface area (Å²) in [6.07, 6.45) is 0.630. The smallest absolute Gasteiger partial charge is 0.330 e. The van der Waals surface area contributed by atoms with E-state index in [2.05, 4.69) is 10.6 Å². The summed E-state index contributed by atoms with van der Waals surface area (Å²) in [6.45, 7) is -0.182. The molecule has 3 N–H and O–H groups in total. The van der Waals surface area contributed by atoms with Crippen molar-refractivity contribution in [3.8, 4) is 5.75 Å². The van der Waals surface area contributed by atoms with Crippen molar-refractivity contribution in [2.24, 2.45) is 0 Å². The van der Waals surface area contributed by atoms with Gasteiger partial charge in [0.05, 0.1) is 22.6 Å². The highest BCUT2D eigenvalue weighted by Gasteiger charge is 2.24. The van der Waals surface area contributed by atoms with Crippen LogP contribution < -0.4 is 10.6 Å². The van der Waals surface area contributed by atoms with E-state index >= 15 is 0 Å². The number of aryl methyl sites for hydroxylation is 1. The molecular weight excluding hydrogens is 492 g/mol. The molecular formula is C25H23ClN2O6S. The molecule has 35 heavy (non-hydrogen) atoms. The molecule has 0 aliphatic heterocycles. The summed E-state index contributed by atoms with van der Waals surface area (Å²) in [7, 11) is 1.17. The number of phenolic OH excluding ortho intramolecular Hbond substituents is 1. The highest BCUT2D eigenvalue weighted by molar-refractivity contribution is 7.12. The normalized spacial score (nSPS) is 11.4. The largest absolute Gasteiger partial charge is 0.508 e. The third-order valence-corrected chi connectivity index (χ3v) is 6.27. The van der Waals surface area contributed by atoms with Gasteiger partial charge in [-0.2, -0.15) is 0 Å². The lowest BCUT2D eigenvalue weighted by molar-refractivity contribution is -0.142. The standard InChI is InChI=1S/C25H23ClN2O6S/c1-34-25(33)20(14-27-24(32)22-6-3-11-35-22)28-23(31)18-9-8-16(13-19(18)26)21(30)10-7-15-4-2-5-17(29)12-15/h2-6,8-9,11-13,20,29H,7,10,14H2,1H3,(H,27,32)(H,28,31)/t20-/m0/s1. The molecule has 2 amide bonds. The number of hydrogen-bond acceptors (Lipinski definition) is 7. The maximum atomic E-state index is 12.8. The van der Waals surface area contributed by atoms with Gasteiger partial charge in [0.1, 0.15) is 11.8 Å². The highest BCUT2D eigenvalue weighted by atomic mass is 35.5. The number of phenols is 1. The van der Waals surface area contributed by atoms with Gasteiger partial charge in [0.25, 0.3) is 11.8 Å². The van der Waals surface area contributed by atoms with Crippen molar-refractivity contribution in [1.82, 2.24) is 10.6 Å². The minimum atomic E-state index is -1.14. The van der Waals surface area contributed by atoms with Crippen molar-refractivity contribution in [2.75, 3.05) is 13.7 Å². The van der Waals surface area contributed by atoms with Crippen molar-refractivity contribution in [1.29, 1.82) is 0 Å². The van der Waals surface area contributed by atoms with Crippen LogP contribution in [0.15, 0.2) is 60.0 Å². The van der Waals surface area contributed by atoms with Gasteiger partial charge in [-0.25, -0.2) is 4.79 Å². The lowest BCUT2D eigenvalue weighted by Gasteiger charge is -2.17. The van der Waals surface area contributed by atoms with E-state index in [1.165, 1.54) is 36.6 Å². The van der Waals surface area contributed by atoms with Gasteiger partial charge < -0.3 is 20.5 Å². The summed E-state index contributed by atoms with van der Waals surface area (Å²) in [6, 6.07) is 13.2. The Bertz CT molecular complexity index is 1230. The van der Waals surface area contributed by atoms with Crippen molar-refractivity contribution < 1.29 is 29.0 Å². The first-order valence-corrected chi connectivity index (χ1v) is 11.8. The average Bonchev–Trinajstić information content (AvgIpc) is 3.39. The fourth-order valence-electron chi connectivity index (χ4n) is 3.25. The summed E-state index contributed by atoms with van der Waals surface area (Å²) >= 11 is 7.51. The van der Waals surface area contributed by atoms with Crippen molar-refractivity contribution in [3.05, 3.63) is 86.6 Å². The quantitative estimate of drug-likeness (QED) is 0.280. The van der Waals surface area contributed by atoms with E-state index in [1.807, 2.05) is 6.07 Å². The molecule has 0 aliphatic carbocycles. The zero-order valence-corrected chi connectivity index (χ0v) is 20.3. The fourth-order valence-corrected chi connectivity index (χ4v) is 4.15. The summed E-state index contributed by atoms with van der Waals surface area (Å²) in [4.78, 5) is 50.1. The predicted octanol–water partition coefficient (Wildman–Crippen LogP) is 3.62. The van der Waals surface area contributed by atoms with Crippen LogP contribution in [0.4, 0.5) is 0 Å². The van der Waals surface area contributed by atoms with Crippen LogP contribution in [0.1, 0.15) is 42.4 Å². The molecule has 10 heteroatoms. The number of ketones is 1. The number of aromatic hydroxyl groups is 1. The molecule has 0 aliphatic rings. The third-order valence-electron chi connectivity index (χ3n) is 5.09. The molecule has 3 rings (SSSR count). The Kier molecular flexibility index (Phi) is 8.99. The van der Waals surface area contributed by atoms with Gasteiger partial charge in [-0.1, -0.05) is 35.9 Å². The van der Waals surface area contributed by atoms with Crippen LogP contribution in [0, 0.1) is 0 Å². The maximum absolute atomic E-state index is 12.8. The van der Waals surface area contributed by atoms with Gasteiger partial charge in [-0.15, -0.1) is 11.3 Å². The molecule has 3 aromatic rings. The molecule has 2 aromatic carbocycles. The third kappa shape index (κ3) is 7.14. The lowest BCUT2D eigenvalue weighted by atomic mass is 10.0. The molecule has 0 spiro atoms. The maximum Gasteiger partial charge on any atom is 0.330 e. The SMILES string of the molecule is COC(=O)[C@H](CNC(=O)c1cccs1)NC(=O)c1ccc(C(=O)CCc2cccc(O)c2)cc1Cl. The first-order chi connectivity index (χ1) is 16.8. The molecule has 1 aromatic heterocycles. The van der Waals surface area contributed by atoms with Gasteiger partial charge in [-0.3, -0.25) is 14.4 Å². The minimum absolute atomic E-state index is 0.0388. The van der Waals surface area contributed by atoms with E-state index < -0.39 is 17.9 Å². The second-order valence-corrected chi connectivity index (χ2v) is 8.88. The summed E-state index contributed by atoms with van der Waals surface area (Å²) < 4.78 is 4.73. The Labute approximate surface area is 210 Å². The van der Waals surface area contributed by atoms with Crippen LogP contribution in [-0.2, 0) is 16.0 Å². The van der Waals surface area contributed by atoms with Gasteiger partial charge >= 0.3 is 5.97 Å². The Balaban J connectivity index is 1.63. The van der Waals surface area contributed by atoms with Crippen LogP contribution >= 0.6 is 22.9 Å². The predicted molar refractivity (Wildman–Crippen MR) is 132 cm³/mol. The Morgan fingerprint density at radius 3 is 2.51 bits per heavy atom. The number of carbonyl (C=O) groups excluding carboxylic acids is 4. The molecule has 0 unspecified atom stereocenters. The minimum Gasteiger partial charge on any atom is -0.508 e. The summed E-state index contributed by atoms with van der Waals surface area (Å²) in [5.41, 5.74) is 1.22. The molecule has 0 bridgehead atoms. The monoisotopic (exact) mass is 514 g/mol. The van der Waals surface area contributed by atoms with Crippen molar-refractivity contribution in [3.63, 3.8) is 0 Å². The number of carbonyl (C=O) groups is 4. The first kappa shape index (κ1) is 25.9. The molecule has 1 atom stereocenters. The average molecular weight is 515 g/mol. The number of halogens is 1. The molecule has 0 saturated carbocycles. The Morgan fingerprint density at radius 2 is 1.86 bits per heavy atom. The summed E-state index contributed by atoms with van der Waals surface area (Å²) in [5, 5.41) is 16.4. The highest BCUT2D eigenvalue weighted by Crippen LogP contribution is 2.20. The van der Waals surface area contributed by atoms with Crippen LogP contribution in [0.25, 0.3) is 0 Å². The number of benzene rings is 2. The van der Waals surface area contributed by atoms with Gasteiger partial charge in [0, 0.05) is 18.5 Å². The second-order valence-electron chi connectivity index (χ2n) is 7.52. The molecule has 8 nitrogen and oxygen atoms in total. The number of Topliss-reactive ketones (excluding diaryl/α,β-unsaturated/α-hetero) is 1. The molecule has 0 saturated heterocycles. The van der Waals surface area contributed by atoms with Crippen LogP contribution in [0.2, 0.25) is 5.02 Å². The van der Waals surface area contributed by atoms with E-state index in [-0.39, 0.29) is 41.0 Å². The van der Waals surface area contributed by atoms with E-state index in [0.29, 0.717) is 16.9 Å².